The standard InChI is InChI=1S/C16H16O5/c1-16(2)20-13(10-6-4-3-5-7-10)15(21-16)14-11(17)8-9-12(18)19-14/h3-9,13-15H,1-2H3/t13-,14+,15+/m0/s1. The van der Waals surface area contributed by atoms with E-state index in [2.05, 4.69) is 0 Å². The van der Waals surface area contributed by atoms with E-state index >= 15 is 0 Å². The van der Waals surface area contributed by atoms with Gasteiger partial charge in [0, 0.05) is 6.08 Å². The van der Waals surface area contributed by atoms with Crippen molar-refractivity contribution in [3.63, 3.8) is 0 Å². The Kier molecular flexibility index (Phi) is 3.39. The van der Waals surface area contributed by atoms with Crippen LogP contribution < -0.4 is 0 Å². The molecule has 3 rings (SSSR count). The monoisotopic (exact) mass is 288 g/mol. The van der Waals surface area contributed by atoms with Gasteiger partial charge in [0.15, 0.2) is 17.7 Å². The second kappa shape index (κ2) is 5.09. The first-order valence-corrected chi connectivity index (χ1v) is 6.79. The molecule has 0 saturated carbocycles. The first-order chi connectivity index (χ1) is 9.96. The number of ether oxygens (including phenoxy) is 3. The van der Waals surface area contributed by atoms with Crippen molar-refractivity contribution < 1.29 is 23.8 Å². The van der Waals surface area contributed by atoms with Crippen molar-refractivity contribution in [3.05, 3.63) is 48.0 Å². The fraction of sp³-hybridized carbons (Fsp3) is 0.375. The van der Waals surface area contributed by atoms with E-state index in [-0.39, 0.29) is 5.78 Å². The van der Waals surface area contributed by atoms with Crippen LogP contribution >= 0.6 is 0 Å². The summed E-state index contributed by atoms with van der Waals surface area (Å²) in [6.07, 6.45) is 0.248. The van der Waals surface area contributed by atoms with Gasteiger partial charge in [-0.15, -0.1) is 0 Å². The van der Waals surface area contributed by atoms with Crippen LogP contribution in [0.2, 0.25) is 0 Å². The van der Waals surface area contributed by atoms with Gasteiger partial charge < -0.3 is 14.2 Å². The molecule has 5 nitrogen and oxygen atoms in total. The van der Waals surface area contributed by atoms with E-state index < -0.39 is 30.1 Å². The second-order valence-corrected chi connectivity index (χ2v) is 5.52. The van der Waals surface area contributed by atoms with Crippen molar-refractivity contribution in [2.24, 2.45) is 0 Å². The smallest absolute Gasteiger partial charge is 0.331 e. The van der Waals surface area contributed by atoms with Gasteiger partial charge in [-0.3, -0.25) is 4.79 Å². The van der Waals surface area contributed by atoms with Crippen molar-refractivity contribution in [1.29, 1.82) is 0 Å². The lowest BCUT2D eigenvalue weighted by Crippen LogP contribution is -2.42. The lowest BCUT2D eigenvalue weighted by molar-refractivity contribution is -0.172. The highest BCUT2D eigenvalue weighted by Crippen LogP contribution is 2.40. The van der Waals surface area contributed by atoms with Gasteiger partial charge >= 0.3 is 5.97 Å². The van der Waals surface area contributed by atoms with Crippen LogP contribution in [0.4, 0.5) is 0 Å². The topological polar surface area (TPSA) is 61.8 Å². The van der Waals surface area contributed by atoms with Gasteiger partial charge in [0.1, 0.15) is 12.2 Å². The normalized spacial score (nSPS) is 31.2. The predicted molar refractivity (Wildman–Crippen MR) is 73.2 cm³/mol. The molecule has 0 amide bonds. The fourth-order valence-electron chi connectivity index (χ4n) is 2.61. The minimum Gasteiger partial charge on any atom is -0.448 e. The van der Waals surface area contributed by atoms with Gasteiger partial charge in [-0.1, -0.05) is 30.3 Å². The molecule has 21 heavy (non-hydrogen) atoms. The maximum absolute atomic E-state index is 12.0. The van der Waals surface area contributed by atoms with E-state index in [4.69, 9.17) is 14.2 Å². The molecule has 110 valence electrons. The summed E-state index contributed by atoms with van der Waals surface area (Å²) in [4.78, 5) is 23.4. The third kappa shape index (κ3) is 2.75. The van der Waals surface area contributed by atoms with Crippen LogP contribution in [0.5, 0.6) is 0 Å². The quantitative estimate of drug-likeness (QED) is 0.778. The molecule has 1 fully saturated rings. The Morgan fingerprint density at radius 3 is 2.38 bits per heavy atom. The number of hydrogen-bond acceptors (Lipinski definition) is 5. The summed E-state index contributed by atoms with van der Waals surface area (Å²) >= 11 is 0. The van der Waals surface area contributed by atoms with Gasteiger partial charge in [-0.25, -0.2) is 4.79 Å². The van der Waals surface area contributed by atoms with Crippen LogP contribution in [-0.4, -0.2) is 29.7 Å². The van der Waals surface area contributed by atoms with Crippen LogP contribution in [0.15, 0.2) is 42.5 Å². The molecule has 0 aliphatic carbocycles. The van der Waals surface area contributed by atoms with Crippen molar-refractivity contribution in [2.45, 2.75) is 37.9 Å². The van der Waals surface area contributed by atoms with Crippen LogP contribution in [0, 0.1) is 0 Å². The highest BCUT2D eigenvalue weighted by Gasteiger charge is 2.49. The van der Waals surface area contributed by atoms with Gasteiger partial charge in [0.2, 0.25) is 0 Å². The summed E-state index contributed by atoms with van der Waals surface area (Å²) in [6.45, 7) is 3.54. The third-order valence-corrected chi connectivity index (χ3v) is 3.46. The molecule has 0 unspecified atom stereocenters. The summed E-state index contributed by atoms with van der Waals surface area (Å²) in [5.41, 5.74) is 0.881. The van der Waals surface area contributed by atoms with E-state index in [1.54, 1.807) is 13.8 Å². The number of carbonyl (C=O) groups excluding carboxylic acids is 2. The number of rotatable bonds is 2. The highest BCUT2D eigenvalue weighted by molar-refractivity contribution is 6.03. The molecule has 1 aromatic carbocycles. The number of ketones is 1. The largest absolute Gasteiger partial charge is 0.448 e. The van der Waals surface area contributed by atoms with E-state index in [9.17, 15) is 9.59 Å². The second-order valence-electron chi connectivity index (χ2n) is 5.52. The zero-order valence-corrected chi connectivity index (χ0v) is 11.8. The van der Waals surface area contributed by atoms with Crippen LogP contribution in [0.1, 0.15) is 25.5 Å². The lowest BCUT2D eigenvalue weighted by atomic mass is 9.97. The number of esters is 1. The molecular weight excluding hydrogens is 272 g/mol. The molecular formula is C16H16O5. The number of cyclic esters (lactones) is 1. The zero-order valence-electron chi connectivity index (χ0n) is 11.8. The third-order valence-electron chi connectivity index (χ3n) is 3.46. The molecule has 0 radical (unpaired) electrons. The summed E-state index contributed by atoms with van der Waals surface area (Å²) < 4.78 is 16.9. The minimum absolute atomic E-state index is 0.290. The first kappa shape index (κ1) is 14.0. The van der Waals surface area contributed by atoms with Crippen molar-refractivity contribution in [2.75, 3.05) is 0 Å². The molecule has 0 N–H and O–H groups in total. The summed E-state index contributed by atoms with van der Waals surface area (Å²) in [7, 11) is 0. The van der Waals surface area contributed by atoms with Crippen LogP contribution in [-0.2, 0) is 23.8 Å². The molecule has 1 saturated heterocycles. The Morgan fingerprint density at radius 1 is 0.952 bits per heavy atom. The number of carbonyl (C=O) groups is 2. The summed E-state index contributed by atoms with van der Waals surface area (Å²) in [6, 6.07) is 9.46. The number of benzene rings is 1. The number of hydrogen-bond donors (Lipinski definition) is 0. The predicted octanol–water partition coefficient (Wildman–Crippen LogP) is 1.93. The van der Waals surface area contributed by atoms with E-state index in [1.165, 1.54) is 6.08 Å². The minimum atomic E-state index is -0.977. The average Bonchev–Trinajstić information content (AvgIpc) is 2.78. The summed E-state index contributed by atoms with van der Waals surface area (Å²) in [5, 5.41) is 0. The molecule has 0 spiro atoms. The fourth-order valence-corrected chi connectivity index (χ4v) is 2.61. The van der Waals surface area contributed by atoms with E-state index in [1.807, 2.05) is 30.3 Å². The molecule has 5 heteroatoms. The Labute approximate surface area is 122 Å². The molecule has 2 heterocycles. The Bertz CT molecular complexity index is 590. The molecule has 1 aromatic rings. The molecule has 2 aliphatic rings. The summed E-state index contributed by atoms with van der Waals surface area (Å²) in [5.74, 6) is -1.68. The maximum atomic E-state index is 12.0. The van der Waals surface area contributed by atoms with Gasteiger partial charge in [-0.05, 0) is 25.5 Å². The molecule has 2 aliphatic heterocycles. The Hall–Kier alpha value is -1.98. The van der Waals surface area contributed by atoms with Crippen molar-refractivity contribution in [1.82, 2.24) is 0 Å². The molecule has 0 aromatic heterocycles. The van der Waals surface area contributed by atoms with Crippen molar-refractivity contribution in [3.8, 4) is 0 Å². The molecule has 0 bridgehead atoms. The maximum Gasteiger partial charge on any atom is 0.331 e. The first-order valence-electron chi connectivity index (χ1n) is 6.79. The Morgan fingerprint density at radius 2 is 1.67 bits per heavy atom. The van der Waals surface area contributed by atoms with E-state index in [0.717, 1.165) is 11.6 Å². The molecule has 3 atom stereocenters. The van der Waals surface area contributed by atoms with Crippen LogP contribution in [0.3, 0.4) is 0 Å². The lowest BCUT2D eigenvalue weighted by Gasteiger charge is -2.26. The Balaban J connectivity index is 1.93. The average molecular weight is 288 g/mol. The van der Waals surface area contributed by atoms with E-state index in [0.29, 0.717) is 0 Å². The highest BCUT2D eigenvalue weighted by atomic mass is 16.8. The SMILES string of the molecule is CC1(C)O[C@@H]([C@@H]2OC(=O)C=CC2=O)[C@H](c2ccccc2)O1. The van der Waals surface area contributed by atoms with Gasteiger partial charge in [0.25, 0.3) is 0 Å². The van der Waals surface area contributed by atoms with Crippen molar-refractivity contribution >= 4 is 11.8 Å². The van der Waals surface area contributed by atoms with Crippen LogP contribution in [0.25, 0.3) is 0 Å². The van der Waals surface area contributed by atoms with Gasteiger partial charge in [0.05, 0.1) is 0 Å². The van der Waals surface area contributed by atoms with Gasteiger partial charge in [-0.2, -0.15) is 0 Å². The zero-order chi connectivity index (χ0) is 15.0.